The highest BCUT2D eigenvalue weighted by Gasteiger charge is 2.18. The molecule has 5 heteroatoms. The first-order chi connectivity index (χ1) is 9.33. The van der Waals surface area contributed by atoms with Crippen LogP contribution in [-0.2, 0) is 4.84 Å². The van der Waals surface area contributed by atoms with Gasteiger partial charge in [0.15, 0.2) is 11.5 Å². The number of hydroxylamine groups is 1. The Balaban J connectivity index is 1.62. The van der Waals surface area contributed by atoms with Crippen molar-refractivity contribution in [1.82, 2.24) is 5.48 Å². The van der Waals surface area contributed by atoms with Gasteiger partial charge in [-0.05, 0) is 31.0 Å². The fourth-order valence-corrected chi connectivity index (χ4v) is 2.39. The minimum absolute atomic E-state index is 0.154. The number of hydrogen-bond acceptors (Lipinski definition) is 4. The van der Waals surface area contributed by atoms with Crippen molar-refractivity contribution in [3.05, 3.63) is 23.8 Å². The Morgan fingerprint density at radius 3 is 2.68 bits per heavy atom. The molecule has 5 nitrogen and oxygen atoms in total. The summed E-state index contributed by atoms with van der Waals surface area (Å²) in [5.74, 6) is 1.04. The predicted octanol–water partition coefficient (Wildman–Crippen LogP) is 2.06. The van der Waals surface area contributed by atoms with Crippen LogP contribution >= 0.6 is 0 Å². The minimum Gasteiger partial charge on any atom is -0.486 e. The molecule has 0 saturated heterocycles. The summed E-state index contributed by atoms with van der Waals surface area (Å²) in [5, 5.41) is 0. The summed E-state index contributed by atoms with van der Waals surface area (Å²) in [6.45, 7) is 1.06. The summed E-state index contributed by atoms with van der Waals surface area (Å²) in [6, 6.07) is 5.14. The zero-order valence-electron chi connectivity index (χ0n) is 10.7. The van der Waals surface area contributed by atoms with Crippen molar-refractivity contribution in [2.24, 2.45) is 0 Å². The largest absolute Gasteiger partial charge is 0.486 e. The van der Waals surface area contributed by atoms with Crippen LogP contribution in [0.1, 0.15) is 36.0 Å². The molecule has 0 bridgehead atoms. The van der Waals surface area contributed by atoms with Crippen LogP contribution in [0.4, 0.5) is 0 Å². The first-order valence-electron chi connectivity index (χ1n) is 6.68. The van der Waals surface area contributed by atoms with E-state index in [2.05, 4.69) is 5.48 Å². The number of amides is 1. The molecule has 1 aromatic rings. The number of benzene rings is 1. The fourth-order valence-electron chi connectivity index (χ4n) is 2.39. The van der Waals surface area contributed by atoms with Crippen LogP contribution in [0.3, 0.4) is 0 Å². The third-order valence-corrected chi connectivity index (χ3v) is 3.42. The first-order valence-corrected chi connectivity index (χ1v) is 6.68. The molecule has 1 aliphatic carbocycles. The van der Waals surface area contributed by atoms with Gasteiger partial charge in [-0.2, -0.15) is 0 Å². The molecule has 19 heavy (non-hydrogen) atoms. The highest BCUT2D eigenvalue weighted by Crippen LogP contribution is 2.30. The summed E-state index contributed by atoms with van der Waals surface area (Å²) < 4.78 is 10.9. The van der Waals surface area contributed by atoms with E-state index in [-0.39, 0.29) is 12.0 Å². The number of nitrogens with one attached hydrogen (secondary N) is 1. The van der Waals surface area contributed by atoms with Crippen LogP contribution < -0.4 is 15.0 Å². The van der Waals surface area contributed by atoms with Crippen molar-refractivity contribution in [3.8, 4) is 11.5 Å². The van der Waals surface area contributed by atoms with Crippen LogP contribution in [0.2, 0.25) is 0 Å². The second kappa shape index (κ2) is 5.48. The maximum absolute atomic E-state index is 12.0. The van der Waals surface area contributed by atoms with E-state index in [0.29, 0.717) is 30.3 Å². The van der Waals surface area contributed by atoms with Gasteiger partial charge < -0.3 is 9.47 Å². The second-order valence-electron chi connectivity index (χ2n) is 4.81. The number of hydrogen-bond donors (Lipinski definition) is 1. The average molecular weight is 263 g/mol. The third kappa shape index (κ3) is 2.81. The highest BCUT2D eigenvalue weighted by molar-refractivity contribution is 5.94. The van der Waals surface area contributed by atoms with Gasteiger partial charge in [-0.3, -0.25) is 9.63 Å². The van der Waals surface area contributed by atoms with Crippen molar-refractivity contribution in [3.63, 3.8) is 0 Å². The Morgan fingerprint density at radius 1 is 1.16 bits per heavy atom. The summed E-state index contributed by atoms with van der Waals surface area (Å²) in [7, 11) is 0. The van der Waals surface area contributed by atoms with Crippen molar-refractivity contribution in [1.29, 1.82) is 0 Å². The summed E-state index contributed by atoms with van der Waals surface area (Å²) in [6.07, 6.45) is 4.53. The van der Waals surface area contributed by atoms with E-state index in [0.717, 1.165) is 12.8 Å². The van der Waals surface area contributed by atoms with Crippen molar-refractivity contribution in [2.75, 3.05) is 13.2 Å². The van der Waals surface area contributed by atoms with E-state index in [1.54, 1.807) is 18.2 Å². The van der Waals surface area contributed by atoms with Gasteiger partial charge in [-0.1, -0.05) is 12.8 Å². The molecule has 0 atom stereocenters. The third-order valence-electron chi connectivity index (χ3n) is 3.42. The molecular formula is C14H17NO4. The molecule has 1 aliphatic heterocycles. The summed E-state index contributed by atoms with van der Waals surface area (Å²) >= 11 is 0. The molecule has 0 unspecified atom stereocenters. The van der Waals surface area contributed by atoms with E-state index in [4.69, 9.17) is 14.3 Å². The number of fused-ring (bicyclic) bond motifs is 1. The fraction of sp³-hybridized carbons (Fsp3) is 0.500. The zero-order chi connectivity index (χ0) is 13.1. The number of rotatable bonds is 3. The lowest BCUT2D eigenvalue weighted by Crippen LogP contribution is -2.28. The van der Waals surface area contributed by atoms with Gasteiger partial charge in [0.25, 0.3) is 5.91 Å². The Labute approximate surface area is 111 Å². The SMILES string of the molecule is O=C(NOC1CCCC1)c1ccc2c(c1)OCCO2. The van der Waals surface area contributed by atoms with Gasteiger partial charge >= 0.3 is 0 Å². The molecule has 2 aliphatic rings. The topological polar surface area (TPSA) is 56.8 Å². The number of carbonyl (C=O) groups is 1. The van der Waals surface area contributed by atoms with Gasteiger partial charge in [0.2, 0.25) is 0 Å². The second-order valence-corrected chi connectivity index (χ2v) is 4.81. The van der Waals surface area contributed by atoms with Gasteiger partial charge in [0, 0.05) is 5.56 Å². The summed E-state index contributed by atoms with van der Waals surface area (Å²) in [5.41, 5.74) is 3.03. The summed E-state index contributed by atoms with van der Waals surface area (Å²) in [4.78, 5) is 17.3. The quantitative estimate of drug-likeness (QED) is 0.848. The molecule has 102 valence electrons. The van der Waals surface area contributed by atoms with E-state index in [1.165, 1.54) is 12.8 Å². The van der Waals surface area contributed by atoms with Crippen LogP contribution in [0, 0.1) is 0 Å². The maximum atomic E-state index is 12.0. The van der Waals surface area contributed by atoms with Crippen molar-refractivity contribution in [2.45, 2.75) is 31.8 Å². The Bertz CT molecular complexity index is 469. The lowest BCUT2D eigenvalue weighted by Gasteiger charge is -2.19. The molecule has 0 spiro atoms. The van der Waals surface area contributed by atoms with Gasteiger partial charge in [-0.25, -0.2) is 5.48 Å². The highest BCUT2D eigenvalue weighted by atomic mass is 16.7. The number of ether oxygens (including phenoxy) is 2. The smallest absolute Gasteiger partial charge is 0.274 e. The lowest BCUT2D eigenvalue weighted by molar-refractivity contribution is -0.0125. The van der Waals surface area contributed by atoms with E-state index >= 15 is 0 Å². The van der Waals surface area contributed by atoms with Gasteiger partial charge in [0.1, 0.15) is 13.2 Å². The van der Waals surface area contributed by atoms with Crippen LogP contribution in [0.25, 0.3) is 0 Å². The molecule has 1 N–H and O–H groups in total. The Kier molecular flexibility index (Phi) is 3.55. The predicted molar refractivity (Wildman–Crippen MR) is 68.2 cm³/mol. The molecule has 0 aromatic heterocycles. The van der Waals surface area contributed by atoms with Crippen molar-refractivity contribution >= 4 is 5.91 Å². The standard InChI is InChI=1S/C14H17NO4/c16-14(15-19-11-3-1-2-4-11)10-5-6-12-13(9-10)18-8-7-17-12/h5-6,9,11H,1-4,7-8H2,(H,15,16). The van der Waals surface area contributed by atoms with E-state index < -0.39 is 0 Å². The average Bonchev–Trinajstić information content (AvgIpc) is 2.97. The Hall–Kier alpha value is -1.75. The zero-order valence-corrected chi connectivity index (χ0v) is 10.7. The molecule has 1 fully saturated rings. The number of carbonyl (C=O) groups excluding carboxylic acids is 1. The molecular weight excluding hydrogens is 246 g/mol. The molecule has 1 saturated carbocycles. The molecule has 1 aromatic carbocycles. The van der Waals surface area contributed by atoms with Crippen LogP contribution in [-0.4, -0.2) is 25.2 Å². The molecule has 1 heterocycles. The van der Waals surface area contributed by atoms with Gasteiger partial charge in [-0.15, -0.1) is 0 Å². The lowest BCUT2D eigenvalue weighted by atomic mass is 10.2. The van der Waals surface area contributed by atoms with Crippen LogP contribution in [0.15, 0.2) is 18.2 Å². The Morgan fingerprint density at radius 2 is 1.89 bits per heavy atom. The van der Waals surface area contributed by atoms with E-state index in [9.17, 15) is 4.79 Å². The first kappa shape index (κ1) is 12.3. The van der Waals surface area contributed by atoms with Gasteiger partial charge in [0.05, 0.1) is 6.10 Å². The maximum Gasteiger partial charge on any atom is 0.274 e. The van der Waals surface area contributed by atoms with Crippen LogP contribution in [0.5, 0.6) is 11.5 Å². The monoisotopic (exact) mass is 263 g/mol. The molecule has 3 rings (SSSR count). The van der Waals surface area contributed by atoms with Crippen molar-refractivity contribution < 1.29 is 19.1 Å². The normalized spacial score (nSPS) is 18.3. The van der Waals surface area contributed by atoms with E-state index in [1.807, 2.05) is 0 Å². The molecule has 0 radical (unpaired) electrons. The molecule has 1 amide bonds. The minimum atomic E-state index is -0.246.